The van der Waals surface area contributed by atoms with Crippen LogP contribution in [0.3, 0.4) is 0 Å². The Labute approximate surface area is 323 Å². The van der Waals surface area contributed by atoms with Crippen LogP contribution in [0.1, 0.15) is 27.7 Å². The molecule has 57 heavy (non-hydrogen) atoms. The smallest absolute Gasteiger partial charge is 0.335 e. The van der Waals surface area contributed by atoms with Gasteiger partial charge in [-0.2, -0.15) is 0 Å². The van der Waals surface area contributed by atoms with Crippen LogP contribution in [-0.2, 0) is 52.2 Å². The summed E-state index contributed by atoms with van der Waals surface area (Å²) in [7, 11) is 0. The summed E-state index contributed by atoms with van der Waals surface area (Å²) in [6.45, 7) is 4.08. The number of hydrogen-bond donors (Lipinski definition) is 14. The number of aliphatic hydroxyl groups is 12. The average molecular weight is 836 g/mol. The number of carbonyl (C=O) groups excluding carboxylic acids is 1. The second-order valence-corrected chi connectivity index (χ2v) is 14.7. The molecule has 0 aromatic carbocycles. The minimum atomic E-state index is -2.27. The number of rotatable bonds is 11. The van der Waals surface area contributed by atoms with Gasteiger partial charge in [-0.1, -0.05) is 0 Å². The second-order valence-electron chi connectivity index (χ2n) is 14.7. The number of nitrogens with one attached hydrogen (secondary N) is 1. The van der Waals surface area contributed by atoms with E-state index in [1.54, 1.807) is 0 Å². The summed E-state index contributed by atoms with van der Waals surface area (Å²) in [4.78, 5) is 25.0. The van der Waals surface area contributed by atoms with Crippen molar-refractivity contribution in [1.82, 2.24) is 5.32 Å². The number of hydrogen-bond acceptors (Lipinski definition) is 23. The zero-order chi connectivity index (χ0) is 42.4. The molecule has 25 atom stereocenters. The largest absolute Gasteiger partial charge is 0.479 e. The number of carbonyl (C=O) groups is 2. The molecule has 5 fully saturated rings. The van der Waals surface area contributed by atoms with Crippen LogP contribution in [0.4, 0.5) is 0 Å². The molecule has 5 heterocycles. The van der Waals surface area contributed by atoms with E-state index in [1.807, 2.05) is 0 Å². The predicted octanol–water partition coefficient (Wildman–Crippen LogP) is -8.61. The highest BCUT2D eigenvalue weighted by molar-refractivity contribution is 5.74. The van der Waals surface area contributed by atoms with Crippen LogP contribution >= 0.6 is 0 Å². The third-order valence-electron chi connectivity index (χ3n) is 10.6. The van der Waals surface area contributed by atoms with Crippen molar-refractivity contribution in [3.05, 3.63) is 0 Å². The average Bonchev–Trinajstić information content (AvgIpc) is 3.15. The van der Waals surface area contributed by atoms with Crippen LogP contribution in [0.2, 0.25) is 0 Å². The number of ether oxygens (including phenoxy) is 9. The Morgan fingerprint density at radius 2 is 0.965 bits per heavy atom. The highest BCUT2D eigenvalue weighted by atomic mass is 16.8. The normalized spacial score (nSPS) is 52.2. The van der Waals surface area contributed by atoms with Crippen LogP contribution in [0.15, 0.2) is 0 Å². The molecule has 0 aromatic rings. The predicted molar refractivity (Wildman–Crippen MR) is 174 cm³/mol. The van der Waals surface area contributed by atoms with Crippen LogP contribution < -0.4 is 5.32 Å². The molecule has 0 aromatic heterocycles. The van der Waals surface area contributed by atoms with E-state index < -0.39 is 172 Å². The van der Waals surface area contributed by atoms with Gasteiger partial charge >= 0.3 is 5.97 Å². The maximum absolute atomic E-state index is 12.6. The number of aliphatic hydroxyl groups excluding tert-OH is 12. The molecule has 14 N–H and O–H groups in total. The van der Waals surface area contributed by atoms with Gasteiger partial charge in [-0.25, -0.2) is 4.79 Å². The van der Waals surface area contributed by atoms with Gasteiger partial charge in [0.2, 0.25) is 5.91 Å². The summed E-state index contributed by atoms with van der Waals surface area (Å²) in [6, 6.07) is -1.66. The van der Waals surface area contributed by atoms with Gasteiger partial charge in [0.1, 0.15) is 97.6 Å². The number of amides is 1. The van der Waals surface area contributed by atoms with Crippen LogP contribution in [0.5, 0.6) is 0 Å². The first-order valence-corrected chi connectivity index (χ1v) is 18.2. The highest BCUT2D eigenvalue weighted by Crippen LogP contribution is 2.36. The van der Waals surface area contributed by atoms with Crippen molar-refractivity contribution in [2.75, 3.05) is 6.61 Å². The summed E-state index contributed by atoms with van der Waals surface area (Å²) in [5.74, 6) is -2.62. The van der Waals surface area contributed by atoms with Crippen molar-refractivity contribution in [3.8, 4) is 0 Å². The van der Waals surface area contributed by atoms with Gasteiger partial charge in [0.05, 0.1) is 24.9 Å². The van der Waals surface area contributed by atoms with E-state index in [-0.39, 0.29) is 0 Å². The number of carboxylic acid groups (broad SMARTS) is 1. The Morgan fingerprint density at radius 1 is 0.509 bits per heavy atom. The zero-order valence-corrected chi connectivity index (χ0v) is 30.9. The lowest BCUT2D eigenvalue weighted by Gasteiger charge is -2.50. The monoisotopic (exact) mass is 835 g/mol. The van der Waals surface area contributed by atoms with Crippen LogP contribution in [-0.4, -0.2) is 238 Å². The van der Waals surface area contributed by atoms with Gasteiger partial charge in [-0.05, 0) is 20.8 Å². The van der Waals surface area contributed by atoms with Crippen molar-refractivity contribution in [2.24, 2.45) is 0 Å². The summed E-state index contributed by atoms with van der Waals surface area (Å²) in [6.07, 6.45) is -42.9. The Kier molecular flexibility index (Phi) is 15.2. The van der Waals surface area contributed by atoms with Gasteiger partial charge in [-0.3, -0.25) is 4.79 Å². The van der Waals surface area contributed by atoms with Crippen LogP contribution in [0, 0.1) is 0 Å². The van der Waals surface area contributed by atoms with Gasteiger partial charge in [-0.15, -0.1) is 0 Å². The molecule has 0 spiro atoms. The quantitative estimate of drug-likeness (QED) is 0.0919. The molecule has 1 amide bonds. The fraction of sp³-hybridized carbons (Fsp3) is 0.938. The molecule has 0 aliphatic carbocycles. The molecular formula is C32H53NO24. The number of aliphatic carboxylic acids is 1. The van der Waals surface area contributed by atoms with Gasteiger partial charge in [0.15, 0.2) is 37.6 Å². The van der Waals surface area contributed by atoms with Gasteiger partial charge in [0.25, 0.3) is 0 Å². The van der Waals surface area contributed by atoms with Crippen LogP contribution in [0.25, 0.3) is 0 Å². The zero-order valence-electron chi connectivity index (χ0n) is 30.9. The second kappa shape index (κ2) is 18.8. The van der Waals surface area contributed by atoms with Crippen molar-refractivity contribution < 1.29 is 119 Å². The topological polar surface area (TPSA) is 392 Å². The third kappa shape index (κ3) is 9.54. The molecule has 330 valence electrons. The Hall–Kier alpha value is -1.90. The maximum Gasteiger partial charge on any atom is 0.335 e. The van der Waals surface area contributed by atoms with Gasteiger partial charge in [0, 0.05) is 6.92 Å². The lowest BCUT2D eigenvalue weighted by atomic mass is 9.94. The molecule has 5 aliphatic rings. The third-order valence-corrected chi connectivity index (χ3v) is 10.6. The van der Waals surface area contributed by atoms with E-state index in [9.17, 15) is 76.0 Å². The van der Waals surface area contributed by atoms with E-state index in [0.29, 0.717) is 0 Å². The Balaban J connectivity index is 1.38. The first-order chi connectivity index (χ1) is 26.7. The first-order valence-electron chi connectivity index (χ1n) is 18.2. The molecule has 5 aliphatic heterocycles. The SMILES string of the molecule is CC(=O)NC1[C@H](OC2[C@H](O)OC(C)[C@H](O)[C@@H]2O)OC(CO)[C@H](O)[C@@H]1O[C@@H]1OC(C(=O)O)[C@H](O[C@@H]2O[C@@H](C)[C@H](O)C(O)C2O[C@@H]2O[C@@H](C)[C@H](O)C(O)C2O)[C@H](O)C1O. The molecule has 25 heteroatoms. The summed E-state index contributed by atoms with van der Waals surface area (Å²) < 4.78 is 50.3. The summed E-state index contributed by atoms with van der Waals surface area (Å²) in [5.41, 5.74) is 0. The minimum absolute atomic E-state index is 0.797. The Morgan fingerprint density at radius 3 is 1.54 bits per heavy atom. The van der Waals surface area contributed by atoms with E-state index >= 15 is 0 Å². The molecule has 10 unspecified atom stereocenters. The van der Waals surface area contributed by atoms with E-state index in [2.05, 4.69) is 5.32 Å². The molecule has 25 nitrogen and oxygen atoms in total. The lowest BCUT2D eigenvalue weighted by molar-refractivity contribution is -0.389. The van der Waals surface area contributed by atoms with Crippen molar-refractivity contribution in [1.29, 1.82) is 0 Å². The fourth-order valence-electron chi connectivity index (χ4n) is 7.20. The minimum Gasteiger partial charge on any atom is -0.479 e. The highest BCUT2D eigenvalue weighted by Gasteiger charge is 2.57. The number of carboxylic acids is 1. The summed E-state index contributed by atoms with van der Waals surface area (Å²) >= 11 is 0. The van der Waals surface area contributed by atoms with Crippen molar-refractivity contribution >= 4 is 11.9 Å². The molecule has 0 radical (unpaired) electrons. The molecule has 5 rings (SSSR count). The van der Waals surface area contributed by atoms with E-state index in [1.165, 1.54) is 20.8 Å². The lowest BCUT2D eigenvalue weighted by Crippen LogP contribution is -2.70. The summed E-state index contributed by atoms with van der Waals surface area (Å²) in [5, 5.41) is 140. The van der Waals surface area contributed by atoms with Gasteiger partial charge < -0.3 is 114 Å². The van der Waals surface area contributed by atoms with Crippen molar-refractivity contribution in [2.45, 2.75) is 181 Å². The maximum atomic E-state index is 12.6. The fourth-order valence-corrected chi connectivity index (χ4v) is 7.20. The molecular weight excluding hydrogens is 782 g/mol. The molecule has 5 saturated heterocycles. The molecule has 0 bridgehead atoms. The standard InChI is InChI=1S/C32H53NO24/c1-6-13(37)17(41)24(28(48)49-6)55-29-11(33-9(4)35)22(15(39)10(5-34)52-29)53-31-21(45)19(43)23(26(57-31)27(46)47)54-32-25(18(42)14(38)8(3)51-32)56-30-20(44)16(40)12(36)7(2)50-30/h6-8,10-26,28-32,34,36-45,48H,5H2,1-4H3,(H,33,35)(H,46,47)/t6?,7-,8-,10?,11?,12-,13-,14-,15-,16?,17-,18?,19+,20?,21?,22+,23+,24?,25?,26?,28+,29-,30-,31+,32-/m0/s1. The molecule has 0 saturated carbocycles. The van der Waals surface area contributed by atoms with E-state index in [0.717, 1.165) is 6.92 Å². The van der Waals surface area contributed by atoms with E-state index in [4.69, 9.17) is 42.6 Å². The Bertz CT molecular complexity index is 1350. The first kappa shape index (κ1) is 46.2. The van der Waals surface area contributed by atoms with Crippen molar-refractivity contribution in [3.63, 3.8) is 0 Å².